The van der Waals surface area contributed by atoms with Gasteiger partial charge in [-0.2, -0.15) is 0 Å². The fourth-order valence-electron chi connectivity index (χ4n) is 1.68. The predicted octanol–water partition coefficient (Wildman–Crippen LogP) is 1.74. The highest BCUT2D eigenvalue weighted by Crippen LogP contribution is 2.27. The van der Waals surface area contributed by atoms with Crippen LogP contribution in [0.1, 0.15) is 10.5 Å². The number of ether oxygens (including phenoxy) is 2. The van der Waals surface area contributed by atoms with Gasteiger partial charge in [0.05, 0.1) is 25.9 Å². The number of methoxy groups -OCH3 is 2. The molecule has 3 aromatic heterocycles. The monoisotopic (exact) mass is 263 g/mol. The van der Waals surface area contributed by atoms with Crippen molar-refractivity contribution >= 4 is 32.6 Å². The largest absolute Gasteiger partial charge is 0.495 e. The molecule has 0 saturated carbocycles. The summed E-state index contributed by atoms with van der Waals surface area (Å²) < 4.78 is 11.6. The van der Waals surface area contributed by atoms with Crippen molar-refractivity contribution in [3.05, 3.63) is 24.2 Å². The quantitative estimate of drug-likeness (QED) is 0.659. The molecule has 92 valence electrons. The maximum atomic E-state index is 11.4. The number of hydrogen-bond acceptors (Lipinski definition) is 6. The van der Waals surface area contributed by atoms with Gasteiger partial charge in [-0.1, -0.05) is 11.3 Å². The minimum Gasteiger partial charge on any atom is -0.495 e. The van der Waals surface area contributed by atoms with Crippen molar-refractivity contribution in [2.24, 2.45) is 0 Å². The van der Waals surface area contributed by atoms with Crippen LogP contribution >= 0.6 is 11.3 Å². The molecule has 6 nitrogen and oxygen atoms in total. The molecule has 0 radical (unpaired) electrons. The zero-order chi connectivity index (χ0) is 12.7. The summed E-state index contributed by atoms with van der Waals surface area (Å²) in [4.78, 5) is 21.4. The van der Waals surface area contributed by atoms with Crippen molar-refractivity contribution in [2.45, 2.75) is 0 Å². The molecule has 0 N–H and O–H groups in total. The van der Waals surface area contributed by atoms with Crippen molar-refractivity contribution < 1.29 is 14.3 Å². The Hall–Kier alpha value is -2.15. The van der Waals surface area contributed by atoms with E-state index < -0.39 is 5.97 Å². The molecule has 0 spiro atoms. The summed E-state index contributed by atoms with van der Waals surface area (Å²) in [7, 11) is 2.92. The summed E-state index contributed by atoms with van der Waals surface area (Å²) >= 11 is 1.41. The van der Waals surface area contributed by atoms with Gasteiger partial charge in [0.25, 0.3) is 0 Å². The molecule has 3 heterocycles. The molecule has 0 bridgehead atoms. The first-order chi connectivity index (χ1) is 8.72. The first-order valence-electron chi connectivity index (χ1n) is 5.13. The van der Waals surface area contributed by atoms with Crippen molar-refractivity contribution in [2.75, 3.05) is 14.2 Å². The molecule has 0 amide bonds. The average molecular weight is 263 g/mol. The van der Waals surface area contributed by atoms with Crippen LogP contribution in [0.3, 0.4) is 0 Å². The van der Waals surface area contributed by atoms with Gasteiger partial charge in [0.2, 0.25) is 0 Å². The molecule has 0 unspecified atom stereocenters. The lowest BCUT2D eigenvalue weighted by molar-refractivity contribution is 0.0595. The van der Waals surface area contributed by atoms with E-state index in [1.54, 1.807) is 19.5 Å². The smallest absolute Gasteiger partial charge is 0.358 e. The van der Waals surface area contributed by atoms with Gasteiger partial charge in [0.15, 0.2) is 10.7 Å². The maximum Gasteiger partial charge on any atom is 0.358 e. The molecule has 18 heavy (non-hydrogen) atoms. The number of pyridine rings is 1. The SMILES string of the molecule is COC(=O)c1cn2c(n1)sc1ncc(OC)cc12. The van der Waals surface area contributed by atoms with Crippen LogP contribution in [-0.2, 0) is 4.74 Å². The molecule has 3 rings (SSSR count). The lowest BCUT2D eigenvalue weighted by atomic mass is 10.4. The van der Waals surface area contributed by atoms with E-state index in [4.69, 9.17) is 4.74 Å². The van der Waals surface area contributed by atoms with E-state index in [9.17, 15) is 4.79 Å². The van der Waals surface area contributed by atoms with Crippen LogP contribution in [0.2, 0.25) is 0 Å². The molecular formula is C11H9N3O3S. The molecule has 0 aromatic carbocycles. The minimum atomic E-state index is -0.449. The van der Waals surface area contributed by atoms with E-state index in [0.717, 1.165) is 10.3 Å². The Morgan fingerprint density at radius 2 is 2.28 bits per heavy atom. The number of esters is 1. The third kappa shape index (κ3) is 1.52. The van der Waals surface area contributed by atoms with Gasteiger partial charge in [-0.15, -0.1) is 0 Å². The number of fused-ring (bicyclic) bond motifs is 3. The summed E-state index contributed by atoms with van der Waals surface area (Å²) in [6.45, 7) is 0. The molecule has 0 atom stereocenters. The Morgan fingerprint density at radius 1 is 1.44 bits per heavy atom. The van der Waals surface area contributed by atoms with Crippen LogP contribution in [0.5, 0.6) is 5.75 Å². The van der Waals surface area contributed by atoms with E-state index >= 15 is 0 Å². The zero-order valence-electron chi connectivity index (χ0n) is 9.71. The Bertz CT molecular complexity index is 746. The molecule has 0 aliphatic rings. The highest BCUT2D eigenvalue weighted by atomic mass is 32.1. The second kappa shape index (κ2) is 3.95. The normalized spacial score (nSPS) is 11.0. The van der Waals surface area contributed by atoms with Crippen molar-refractivity contribution in [3.63, 3.8) is 0 Å². The first kappa shape index (κ1) is 11.0. The number of rotatable bonds is 2. The molecule has 0 aliphatic heterocycles. The highest BCUT2D eigenvalue weighted by molar-refractivity contribution is 7.23. The predicted molar refractivity (Wildman–Crippen MR) is 66.3 cm³/mol. The van der Waals surface area contributed by atoms with Crippen LogP contribution in [0.4, 0.5) is 0 Å². The van der Waals surface area contributed by atoms with Gasteiger partial charge in [-0.25, -0.2) is 14.8 Å². The summed E-state index contributed by atoms with van der Waals surface area (Å²) in [5.74, 6) is 0.213. The van der Waals surface area contributed by atoms with Gasteiger partial charge < -0.3 is 9.47 Å². The second-order valence-corrected chi connectivity index (χ2v) is 4.53. The van der Waals surface area contributed by atoms with E-state index in [1.807, 2.05) is 10.5 Å². The first-order valence-corrected chi connectivity index (χ1v) is 5.94. The number of imidazole rings is 1. The third-order valence-corrected chi connectivity index (χ3v) is 3.54. The number of thiazole rings is 1. The van der Waals surface area contributed by atoms with Crippen LogP contribution in [0.15, 0.2) is 18.5 Å². The third-order valence-electron chi connectivity index (χ3n) is 2.56. The Balaban J connectivity index is 2.25. The zero-order valence-corrected chi connectivity index (χ0v) is 10.5. The molecule has 7 heteroatoms. The molecule has 0 saturated heterocycles. The Kier molecular flexibility index (Phi) is 2.41. The highest BCUT2D eigenvalue weighted by Gasteiger charge is 2.15. The van der Waals surface area contributed by atoms with Gasteiger partial charge in [-0.3, -0.25) is 4.40 Å². The minimum absolute atomic E-state index is 0.286. The Labute approximate surface area is 106 Å². The van der Waals surface area contributed by atoms with Crippen molar-refractivity contribution in [1.82, 2.24) is 14.4 Å². The van der Waals surface area contributed by atoms with Crippen LogP contribution in [0.25, 0.3) is 15.3 Å². The summed E-state index contributed by atoms with van der Waals surface area (Å²) in [6, 6.07) is 1.86. The van der Waals surface area contributed by atoms with Crippen molar-refractivity contribution in [3.8, 4) is 5.75 Å². The van der Waals surface area contributed by atoms with E-state index in [0.29, 0.717) is 10.7 Å². The molecular weight excluding hydrogens is 254 g/mol. The topological polar surface area (TPSA) is 65.7 Å². The van der Waals surface area contributed by atoms with E-state index in [1.165, 1.54) is 18.4 Å². The fraction of sp³-hybridized carbons (Fsp3) is 0.182. The second-order valence-electron chi connectivity index (χ2n) is 3.57. The number of hydrogen-bond donors (Lipinski definition) is 0. The standard InChI is InChI=1S/C11H9N3O3S/c1-16-6-3-8-9(12-4-6)18-11-13-7(5-14(8)11)10(15)17-2/h3-5H,1-2H3. The summed E-state index contributed by atoms with van der Waals surface area (Å²) in [5, 5.41) is 0. The lowest BCUT2D eigenvalue weighted by Gasteiger charge is -1.97. The molecule has 0 aliphatic carbocycles. The van der Waals surface area contributed by atoms with Gasteiger partial charge >= 0.3 is 5.97 Å². The number of carbonyl (C=O) groups excluding carboxylic acids is 1. The molecule has 3 aromatic rings. The van der Waals surface area contributed by atoms with E-state index in [2.05, 4.69) is 14.7 Å². The van der Waals surface area contributed by atoms with Crippen LogP contribution in [0, 0.1) is 0 Å². The average Bonchev–Trinajstić information content (AvgIpc) is 2.94. The lowest BCUT2D eigenvalue weighted by Crippen LogP contribution is -2.00. The summed E-state index contributed by atoms with van der Waals surface area (Å²) in [5.41, 5.74) is 1.14. The number of aromatic nitrogens is 3. The van der Waals surface area contributed by atoms with Crippen LogP contribution < -0.4 is 4.74 Å². The van der Waals surface area contributed by atoms with Crippen LogP contribution in [-0.4, -0.2) is 34.6 Å². The van der Waals surface area contributed by atoms with Gasteiger partial charge in [0.1, 0.15) is 10.6 Å². The van der Waals surface area contributed by atoms with Crippen molar-refractivity contribution in [1.29, 1.82) is 0 Å². The van der Waals surface area contributed by atoms with E-state index in [-0.39, 0.29) is 5.69 Å². The summed E-state index contributed by atoms with van der Waals surface area (Å²) in [6.07, 6.45) is 3.29. The fourth-order valence-corrected chi connectivity index (χ4v) is 2.62. The Morgan fingerprint density at radius 3 is 3.00 bits per heavy atom. The number of nitrogens with zero attached hydrogens (tertiary/aromatic N) is 3. The van der Waals surface area contributed by atoms with Gasteiger partial charge in [-0.05, 0) is 0 Å². The van der Waals surface area contributed by atoms with Gasteiger partial charge in [0, 0.05) is 12.3 Å². The maximum absolute atomic E-state index is 11.4. The molecule has 0 fully saturated rings. The number of carbonyl (C=O) groups is 1.